The van der Waals surface area contributed by atoms with Crippen molar-refractivity contribution in [3.8, 4) is 16.9 Å². The molecular weight excluding hydrogens is 402 g/mol. The summed E-state index contributed by atoms with van der Waals surface area (Å²) in [6, 6.07) is 20.6. The van der Waals surface area contributed by atoms with Gasteiger partial charge in [0.05, 0.1) is 12.1 Å². The Balaban J connectivity index is 1.61. The number of benzene rings is 2. The standard InChI is InChI=1S/C25H21N5O2/c26-23(31)15-18-7-4-5-11-22(18)28-24(32)13-12-20-17-30(21-9-2-1-3-10-21)29-25(20)19-8-6-14-27-16-19/h1-14,16-17H,15H2,(H2,26,31)(H,28,32)/b13-12+. The maximum absolute atomic E-state index is 12.6. The van der Waals surface area contributed by atoms with E-state index in [1.54, 1.807) is 47.4 Å². The zero-order valence-electron chi connectivity index (χ0n) is 17.2. The van der Waals surface area contributed by atoms with Gasteiger partial charge < -0.3 is 11.1 Å². The number of hydrogen-bond acceptors (Lipinski definition) is 4. The summed E-state index contributed by atoms with van der Waals surface area (Å²) in [7, 11) is 0. The number of primary amides is 1. The molecule has 158 valence electrons. The average molecular weight is 423 g/mol. The summed E-state index contributed by atoms with van der Waals surface area (Å²) in [6.45, 7) is 0. The minimum atomic E-state index is -0.461. The summed E-state index contributed by atoms with van der Waals surface area (Å²) in [5.41, 5.74) is 9.73. The van der Waals surface area contributed by atoms with Crippen molar-refractivity contribution in [1.29, 1.82) is 0 Å². The molecule has 4 aromatic rings. The van der Waals surface area contributed by atoms with Crippen LogP contribution in [0, 0.1) is 0 Å². The zero-order valence-corrected chi connectivity index (χ0v) is 17.2. The molecular formula is C25H21N5O2. The molecule has 32 heavy (non-hydrogen) atoms. The number of aromatic nitrogens is 3. The van der Waals surface area contributed by atoms with Crippen molar-refractivity contribution in [3.05, 3.63) is 103 Å². The third-order valence-electron chi connectivity index (χ3n) is 4.75. The number of para-hydroxylation sites is 2. The number of amides is 2. The maximum atomic E-state index is 12.6. The van der Waals surface area contributed by atoms with Gasteiger partial charge in [0.15, 0.2) is 0 Å². The number of carbonyl (C=O) groups excluding carboxylic acids is 2. The molecule has 0 saturated heterocycles. The Bertz CT molecular complexity index is 1260. The van der Waals surface area contributed by atoms with Gasteiger partial charge in [-0.3, -0.25) is 14.6 Å². The van der Waals surface area contributed by atoms with Gasteiger partial charge in [0.1, 0.15) is 5.69 Å². The molecule has 0 bridgehead atoms. The minimum absolute atomic E-state index is 0.0508. The zero-order chi connectivity index (χ0) is 22.3. The van der Waals surface area contributed by atoms with E-state index in [0.717, 1.165) is 16.8 Å². The summed E-state index contributed by atoms with van der Waals surface area (Å²) in [6.07, 6.45) is 8.49. The summed E-state index contributed by atoms with van der Waals surface area (Å²) < 4.78 is 1.77. The highest BCUT2D eigenvalue weighted by atomic mass is 16.1. The molecule has 7 heteroatoms. The highest BCUT2D eigenvalue weighted by Crippen LogP contribution is 2.24. The summed E-state index contributed by atoms with van der Waals surface area (Å²) in [5, 5.41) is 7.51. The molecule has 0 aliphatic rings. The molecule has 3 N–H and O–H groups in total. The number of nitrogens with one attached hydrogen (secondary N) is 1. The second kappa shape index (κ2) is 9.53. The van der Waals surface area contributed by atoms with Crippen molar-refractivity contribution >= 4 is 23.6 Å². The lowest BCUT2D eigenvalue weighted by Crippen LogP contribution is -2.16. The lowest BCUT2D eigenvalue weighted by molar-refractivity contribution is -0.117. The Hall–Kier alpha value is -4.52. The van der Waals surface area contributed by atoms with Gasteiger partial charge in [0.25, 0.3) is 0 Å². The second-order valence-corrected chi connectivity index (χ2v) is 7.08. The van der Waals surface area contributed by atoms with Crippen LogP contribution in [-0.2, 0) is 16.0 Å². The fourth-order valence-electron chi connectivity index (χ4n) is 3.27. The molecule has 0 atom stereocenters. The smallest absolute Gasteiger partial charge is 0.248 e. The van der Waals surface area contributed by atoms with Crippen LogP contribution in [0.25, 0.3) is 23.0 Å². The number of rotatable bonds is 7. The largest absolute Gasteiger partial charge is 0.369 e. The first-order chi connectivity index (χ1) is 15.6. The Morgan fingerprint density at radius 1 is 1.00 bits per heavy atom. The molecule has 7 nitrogen and oxygen atoms in total. The average Bonchev–Trinajstić information content (AvgIpc) is 3.24. The molecule has 0 aliphatic carbocycles. The van der Waals surface area contributed by atoms with E-state index in [2.05, 4.69) is 10.3 Å². The van der Waals surface area contributed by atoms with E-state index in [4.69, 9.17) is 10.8 Å². The third-order valence-corrected chi connectivity index (χ3v) is 4.75. The second-order valence-electron chi connectivity index (χ2n) is 7.08. The number of hydrogen-bond donors (Lipinski definition) is 2. The fraction of sp³-hybridized carbons (Fsp3) is 0.0400. The van der Waals surface area contributed by atoms with Gasteiger partial charge in [-0.1, -0.05) is 36.4 Å². The van der Waals surface area contributed by atoms with E-state index in [9.17, 15) is 9.59 Å². The van der Waals surface area contributed by atoms with Gasteiger partial charge in [-0.15, -0.1) is 0 Å². The summed E-state index contributed by atoms with van der Waals surface area (Å²) in [4.78, 5) is 28.1. The van der Waals surface area contributed by atoms with Crippen molar-refractivity contribution in [1.82, 2.24) is 14.8 Å². The molecule has 0 unspecified atom stereocenters. The molecule has 0 radical (unpaired) electrons. The molecule has 2 aromatic heterocycles. The molecule has 0 aliphatic heterocycles. The Morgan fingerprint density at radius 2 is 1.78 bits per heavy atom. The van der Waals surface area contributed by atoms with E-state index in [0.29, 0.717) is 16.9 Å². The predicted molar refractivity (Wildman–Crippen MR) is 124 cm³/mol. The van der Waals surface area contributed by atoms with Gasteiger partial charge >= 0.3 is 0 Å². The van der Waals surface area contributed by atoms with Crippen LogP contribution in [-0.4, -0.2) is 26.6 Å². The number of nitrogens with zero attached hydrogens (tertiary/aromatic N) is 3. The van der Waals surface area contributed by atoms with Crippen LogP contribution in [0.15, 0.2) is 91.4 Å². The van der Waals surface area contributed by atoms with Gasteiger partial charge in [0, 0.05) is 41.5 Å². The SMILES string of the molecule is NC(=O)Cc1ccccc1NC(=O)/C=C/c1cn(-c2ccccc2)nc1-c1cccnc1. The molecule has 0 saturated carbocycles. The number of anilines is 1. The number of pyridine rings is 1. The summed E-state index contributed by atoms with van der Waals surface area (Å²) >= 11 is 0. The molecule has 2 heterocycles. The first-order valence-electron chi connectivity index (χ1n) is 10.0. The molecule has 0 spiro atoms. The third kappa shape index (κ3) is 4.96. The van der Waals surface area contributed by atoms with Crippen LogP contribution in [0.3, 0.4) is 0 Å². The highest BCUT2D eigenvalue weighted by Gasteiger charge is 2.12. The Kier molecular flexibility index (Phi) is 6.17. The molecule has 2 aromatic carbocycles. The Labute approximate surface area is 185 Å². The van der Waals surface area contributed by atoms with E-state index in [1.165, 1.54) is 6.08 Å². The van der Waals surface area contributed by atoms with Crippen molar-refractivity contribution < 1.29 is 9.59 Å². The van der Waals surface area contributed by atoms with E-state index >= 15 is 0 Å². The number of carbonyl (C=O) groups is 2. The van der Waals surface area contributed by atoms with Crippen LogP contribution >= 0.6 is 0 Å². The topological polar surface area (TPSA) is 103 Å². The first-order valence-corrected chi connectivity index (χ1v) is 10.0. The van der Waals surface area contributed by atoms with E-state index < -0.39 is 5.91 Å². The van der Waals surface area contributed by atoms with Gasteiger partial charge in [-0.2, -0.15) is 5.10 Å². The van der Waals surface area contributed by atoms with Crippen molar-refractivity contribution in [2.75, 3.05) is 5.32 Å². The van der Waals surface area contributed by atoms with E-state index in [-0.39, 0.29) is 12.3 Å². The molecule has 4 rings (SSSR count). The van der Waals surface area contributed by atoms with Crippen molar-refractivity contribution in [2.24, 2.45) is 5.73 Å². The lowest BCUT2D eigenvalue weighted by Gasteiger charge is -2.08. The fourth-order valence-corrected chi connectivity index (χ4v) is 3.27. The highest BCUT2D eigenvalue weighted by molar-refractivity contribution is 6.03. The van der Waals surface area contributed by atoms with Crippen molar-refractivity contribution in [3.63, 3.8) is 0 Å². The lowest BCUT2D eigenvalue weighted by atomic mass is 10.1. The van der Waals surface area contributed by atoms with Gasteiger partial charge in [0.2, 0.25) is 11.8 Å². The predicted octanol–water partition coefficient (Wildman–Crippen LogP) is 3.61. The van der Waals surface area contributed by atoms with Crippen LogP contribution in [0.5, 0.6) is 0 Å². The maximum Gasteiger partial charge on any atom is 0.248 e. The van der Waals surface area contributed by atoms with Crippen LogP contribution in [0.4, 0.5) is 5.69 Å². The first kappa shape index (κ1) is 20.7. The monoisotopic (exact) mass is 423 g/mol. The normalized spacial score (nSPS) is 10.9. The molecule has 2 amide bonds. The van der Waals surface area contributed by atoms with Gasteiger partial charge in [-0.25, -0.2) is 4.68 Å². The number of nitrogens with two attached hydrogens (primary N) is 1. The van der Waals surface area contributed by atoms with Gasteiger partial charge in [-0.05, 0) is 42.0 Å². The van der Waals surface area contributed by atoms with Crippen molar-refractivity contribution in [2.45, 2.75) is 6.42 Å². The molecule has 0 fully saturated rings. The minimum Gasteiger partial charge on any atom is -0.369 e. The van der Waals surface area contributed by atoms with E-state index in [1.807, 2.05) is 48.7 Å². The Morgan fingerprint density at radius 3 is 2.53 bits per heavy atom. The van der Waals surface area contributed by atoms with Crippen LogP contribution < -0.4 is 11.1 Å². The van der Waals surface area contributed by atoms with Crippen LogP contribution in [0.1, 0.15) is 11.1 Å². The quantitative estimate of drug-likeness (QED) is 0.443. The van der Waals surface area contributed by atoms with Crippen LogP contribution in [0.2, 0.25) is 0 Å². The summed E-state index contributed by atoms with van der Waals surface area (Å²) in [5.74, 6) is -0.789.